The lowest BCUT2D eigenvalue weighted by Crippen LogP contribution is -2.53. The van der Waals surface area contributed by atoms with Gasteiger partial charge in [-0.05, 0) is 20.3 Å². The Morgan fingerprint density at radius 1 is 1.48 bits per heavy atom. The minimum atomic E-state index is -0.313. The second kappa shape index (κ2) is 6.54. The van der Waals surface area contributed by atoms with Crippen molar-refractivity contribution >= 4 is 21.4 Å². The Kier molecular flexibility index (Phi) is 4.65. The van der Waals surface area contributed by atoms with Crippen molar-refractivity contribution in [1.29, 1.82) is 0 Å². The largest absolute Gasteiger partial charge is 0.392 e. The molecule has 2 unspecified atom stereocenters. The number of nitrogens with zero attached hydrogens (tertiary/aromatic N) is 5. The van der Waals surface area contributed by atoms with Crippen LogP contribution < -0.4 is 10.5 Å². The first-order chi connectivity index (χ1) is 11.0. The van der Waals surface area contributed by atoms with Gasteiger partial charge >= 0.3 is 0 Å². The molecule has 0 amide bonds. The maximum Gasteiger partial charge on any atom is 0.275 e. The number of hydrogen-bond acceptors (Lipinski definition) is 7. The van der Waals surface area contributed by atoms with Crippen LogP contribution in [0.25, 0.3) is 4.96 Å². The highest BCUT2D eigenvalue weighted by Gasteiger charge is 2.27. The predicted octanol–water partition coefficient (Wildman–Crippen LogP) is 0.605. The van der Waals surface area contributed by atoms with E-state index in [4.69, 9.17) is 0 Å². The van der Waals surface area contributed by atoms with Crippen molar-refractivity contribution in [3.05, 3.63) is 22.1 Å². The molecule has 1 aliphatic rings. The predicted molar refractivity (Wildman–Crippen MR) is 91.4 cm³/mol. The van der Waals surface area contributed by atoms with Crippen LogP contribution in [0.5, 0.6) is 0 Å². The summed E-state index contributed by atoms with van der Waals surface area (Å²) in [4.78, 5) is 21.8. The summed E-state index contributed by atoms with van der Waals surface area (Å²) in [6.45, 7) is 9.24. The van der Waals surface area contributed by atoms with E-state index < -0.39 is 0 Å². The highest BCUT2D eigenvalue weighted by atomic mass is 32.1. The van der Waals surface area contributed by atoms with Gasteiger partial charge in [0.2, 0.25) is 10.1 Å². The fourth-order valence-corrected chi connectivity index (χ4v) is 4.05. The smallest absolute Gasteiger partial charge is 0.275 e. The van der Waals surface area contributed by atoms with Gasteiger partial charge in [-0.1, -0.05) is 18.3 Å². The average molecular weight is 337 g/mol. The topological polar surface area (TPSA) is 74.0 Å². The molecule has 0 radical (unpaired) electrons. The van der Waals surface area contributed by atoms with Gasteiger partial charge in [-0.2, -0.15) is 4.52 Å². The van der Waals surface area contributed by atoms with Crippen molar-refractivity contribution < 1.29 is 5.11 Å². The Morgan fingerprint density at radius 3 is 2.91 bits per heavy atom. The molecule has 0 bridgehead atoms. The van der Waals surface area contributed by atoms with E-state index in [1.54, 1.807) is 6.07 Å². The van der Waals surface area contributed by atoms with Crippen LogP contribution in [-0.2, 0) is 6.42 Å². The molecule has 1 aliphatic heterocycles. The number of β-amino-alcohol motifs (C(OH)–C–C–N with tert-alkyl or cyclic N) is 1. The molecule has 7 nitrogen and oxygen atoms in total. The van der Waals surface area contributed by atoms with Gasteiger partial charge in [0.25, 0.3) is 5.56 Å². The van der Waals surface area contributed by atoms with E-state index in [2.05, 4.69) is 26.8 Å². The minimum Gasteiger partial charge on any atom is -0.392 e. The van der Waals surface area contributed by atoms with E-state index in [9.17, 15) is 9.90 Å². The zero-order valence-electron chi connectivity index (χ0n) is 13.8. The van der Waals surface area contributed by atoms with Crippen LogP contribution in [0.15, 0.2) is 10.9 Å². The van der Waals surface area contributed by atoms with Crippen LogP contribution >= 0.6 is 11.3 Å². The molecule has 0 spiro atoms. The number of aryl methyl sites for hydroxylation is 1. The quantitative estimate of drug-likeness (QED) is 0.881. The third-order valence-corrected chi connectivity index (χ3v) is 5.07. The third-order valence-electron chi connectivity index (χ3n) is 4.13. The molecule has 2 aromatic rings. The minimum absolute atomic E-state index is 0.116. The zero-order valence-corrected chi connectivity index (χ0v) is 14.6. The van der Waals surface area contributed by atoms with Gasteiger partial charge in [0.15, 0.2) is 0 Å². The molecule has 2 atom stereocenters. The second-order valence-corrected chi connectivity index (χ2v) is 7.10. The molecule has 3 rings (SSSR count). The highest BCUT2D eigenvalue weighted by molar-refractivity contribution is 7.20. The van der Waals surface area contributed by atoms with Crippen molar-refractivity contribution in [1.82, 2.24) is 19.5 Å². The van der Waals surface area contributed by atoms with Gasteiger partial charge in [0.1, 0.15) is 0 Å². The van der Waals surface area contributed by atoms with Gasteiger partial charge in [0.05, 0.1) is 6.10 Å². The second-order valence-electron chi connectivity index (χ2n) is 6.17. The Labute approximate surface area is 139 Å². The Bertz CT molecular complexity index is 741. The monoisotopic (exact) mass is 337 g/mol. The number of fused-ring (bicyclic) bond motifs is 1. The van der Waals surface area contributed by atoms with Gasteiger partial charge in [-0.3, -0.25) is 9.69 Å². The molecule has 0 saturated carbocycles. The summed E-state index contributed by atoms with van der Waals surface area (Å²) in [6.07, 6.45) is 0.430. The van der Waals surface area contributed by atoms with E-state index >= 15 is 0 Å². The maximum atomic E-state index is 12.1. The number of aliphatic hydroxyl groups is 1. The van der Waals surface area contributed by atoms with E-state index in [-0.39, 0.29) is 17.7 Å². The summed E-state index contributed by atoms with van der Waals surface area (Å²) < 4.78 is 1.40. The number of rotatable bonds is 4. The molecule has 1 N–H and O–H groups in total. The van der Waals surface area contributed by atoms with E-state index in [0.29, 0.717) is 11.5 Å². The van der Waals surface area contributed by atoms with E-state index in [1.165, 1.54) is 15.9 Å². The normalized spacial score (nSPS) is 21.0. The van der Waals surface area contributed by atoms with Gasteiger partial charge < -0.3 is 10.0 Å². The zero-order chi connectivity index (χ0) is 16.6. The molecule has 1 fully saturated rings. The fraction of sp³-hybridized carbons (Fsp3) is 0.667. The van der Waals surface area contributed by atoms with Crippen LogP contribution in [0.3, 0.4) is 0 Å². The maximum absolute atomic E-state index is 12.1. The first kappa shape index (κ1) is 16.4. The Balaban J connectivity index is 1.83. The van der Waals surface area contributed by atoms with Gasteiger partial charge in [0, 0.05) is 44.0 Å². The molecule has 23 heavy (non-hydrogen) atoms. The van der Waals surface area contributed by atoms with Gasteiger partial charge in [-0.25, -0.2) is 4.98 Å². The summed E-state index contributed by atoms with van der Waals surface area (Å²) in [5.41, 5.74) is 0.690. The van der Waals surface area contributed by atoms with Crippen LogP contribution in [0, 0.1) is 0 Å². The SMILES string of the molecule is CCc1cc(=O)n2nc(N3CCN(CC(C)O)CC3C)sc2n1. The molecular formula is C15H23N5O2S. The van der Waals surface area contributed by atoms with Crippen LogP contribution in [-0.4, -0.2) is 62.9 Å². The fourth-order valence-electron chi connectivity index (χ4n) is 3.00. The number of aromatic nitrogens is 3. The molecule has 126 valence electrons. The standard InChI is InChI=1S/C15H23N5O2S/c1-4-12-7-13(22)20-14(16-12)23-15(17-20)19-6-5-18(8-10(19)2)9-11(3)21/h7,10-11,21H,4-6,8-9H2,1-3H3. The molecule has 0 aromatic carbocycles. The average Bonchev–Trinajstić information content (AvgIpc) is 2.90. The van der Waals surface area contributed by atoms with E-state index in [0.717, 1.165) is 36.9 Å². The molecule has 8 heteroatoms. The summed E-state index contributed by atoms with van der Waals surface area (Å²) in [5, 5.41) is 14.8. The van der Waals surface area contributed by atoms with E-state index in [1.807, 2.05) is 13.8 Å². The summed E-state index contributed by atoms with van der Waals surface area (Å²) in [7, 11) is 0. The molecule has 0 aliphatic carbocycles. The molecule has 1 saturated heterocycles. The number of anilines is 1. The van der Waals surface area contributed by atoms with Crippen molar-refractivity contribution in [2.75, 3.05) is 31.1 Å². The third kappa shape index (κ3) is 3.39. The molecule has 2 aromatic heterocycles. The van der Waals surface area contributed by atoms with Crippen LogP contribution in [0.2, 0.25) is 0 Å². The molecule has 3 heterocycles. The van der Waals surface area contributed by atoms with Crippen molar-refractivity contribution in [3.8, 4) is 0 Å². The summed E-state index contributed by atoms with van der Waals surface area (Å²) in [6, 6.07) is 1.84. The summed E-state index contributed by atoms with van der Waals surface area (Å²) in [5.74, 6) is 0. The molecular weight excluding hydrogens is 314 g/mol. The highest BCUT2D eigenvalue weighted by Crippen LogP contribution is 2.25. The van der Waals surface area contributed by atoms with Crippen LogP contribution in [0.1, 0.15) is 26.5 Å². The van der Waals surface area contributed by atoms with Gasteiger partial charge in [-0.15, -0.1) is 5.10 Å². The number of piperazine rings is 1. The Hall–Kier alpha value is -1.51. The van der Waals surface area contributed by atoms with Crippen molar-refractivity contribution in [2.45, 2.75) is 39.3 Å². The lowest BCUT2D eigenvalue weighted by atomic mass is 10.2. The number of hydrogen-bond donors (Lipinski definition) is 1. The van der Waals surface area contributed by atoms with Crippen LogP contribution in [0.4, 0.5) is 5.13 Å². The first-order valence-electron chi connectivity index (χ1n) is 8.04. The first-order valence-corrected chi connectivity index (χ1v) is 8.86. The number of aliphatic hydroxyl groups excluding tert-OH is 1. The van der Waals surface area contributed by atoms with Crippen molar-refractivity contribution in [3.63, 3.8) is 0 Å². The lowest BCUT2D eigenvalue weighted by Gasteiger charge is -2.39. The Morgan fingerprint density at radius 2 is 2.26 bits per heavy atom. The van der Waals surface area contributed by atoms with Crippen molar-refractivity contribution in [2.24, 2.45) is 0 Å². The summed E-state index contributed by atoms with van der Waals surface area (Å²) >= 11 is 1.47. The lowest BCUT2D eigenvalue weighted by molar-refractivity contribution is 0.114.